The number of esters is 2. The summed E-state index contributed by atoms with van der Waals surface area (Å²) in [6, 6.07) is 0. The third-order valence-electron chi connectivity index (χ3n) is 8.59. The lowest BCUT2D eigenvalue weighted by atomic mass is 10.0. The first kappa shape index (κ1) is 49.0. The van der Waals surface area contributed by atoms with Gasteiger partial charge in [0.25, 0.3) is 0 Å². The molecule has 0 fully saturated rings. The normalized spacial score (nSPS) is 13.9. The smallest absolute Gasteiger partial charge is 0.462 e. The fraction of sp³-hybridized carbons (Fsp3) is 0.762. The van der Waals surface area contributed by atoms with E-state index in [1.807, 2.05) is 0 Å². The Morgan fingerprint density at radius 3 is 1.49 bits per heavy atom. The van der Waals surface area contributed by atoms with Crippen molar-refractivity contribution in [3.05, 3.63) is 48.6 Å². The van der Waals surface area contributed by atoms with Crippen molar-refractivity contribution < 1.29 is 37.6 Å². The van der Waals surface area contributed by atoms with Gasteiger partial charge in [-0.1, -0.05) is 165 Å². The molecule has 9 heteroatoms. The van der Waals surface area contributed by atoms with Crippen LogP contribution in [0, 0.1) is 0 Å². The summed E-state index contributed by atoms with van der Waals surface area (Å²) in [4.78, 5) is 34.4. The summed E-state index contributed by atoms with van der Waals surface area (Å²) in [5.74, 6) is -0.830. The Morgan fingerprint density at radius 1 is 0.569 bits per heavy atom. The molecular formula is C42H75O8P. The van der Waals surface area contributed by atoms with Crippen molar-refractivity contribution in [2.45, 2.75) is 187 Å². The Labute approximate surface area is 312 Å². The van der Waals surface area contributed by atoms with Gasteiger partial charge in [-0.15, -0.1) is 0 Å². The highest BCUT2D eigenvalue weighted by Crippen LogP contribution is 2.42. The molecule has 0 aliphatic rings. The lowest BCUT2D eigenvalue weighted by Gasteiger charge is -2.19. The van der Waals surface area contributed by atoms with Gasteiger partial charge in [0.15, 0.2) is 6.10 Å². The van der Waals surface area contributed by atoms with Crippen LogP contribution in [-0.2, 0) is 32.7 Å². The molecule has 51 heavy (non-hydrogen) atoms. The average Bonchev–Trinajstić information content (AvgIpc) is 3.12. The first-order valence-electron chi connectivity index (χ1n) is 20.3. The van der Waals surface area contributed by atoms with Gasteiger partial charge in [-0.05, 0) is 51.4 Å². The van der Waals surface area contributed by atoms with Crippen molar-refractivity contribution in [3.63, 3.8) is 0 Å². The van der Waals surface area contributed by atoms with Gasteiger partial charge >= 0.3 is 19.8 Å². The maximum atomic E-state index is 12.5. The first-order chi connectivity index (χ1) is 24.8. The third-order valence-corrected chi connectivity index (χ3v) is 9.52. The number of unbranched alkanes of at least 4 members (excludes halogenated alkanes) is 18. The van der Waals surface area contributed by atoms with Crippen molar-refractivity contribution in [1.82, 2.24) is 0 Å². The molecule has 2 atom stereocenters. The van der Waals surface area contributed by atoms with Crippen LogP contribution in [0.1, 0.15) is 181 Å². The zero-order chi connectivity index (χ0) is 37.5. The van der Waals surface area contributed by atoms with E-state index < -0.39 is 26.5 Å². The van der Waals surface area contributed by atoms with Crippen LogP contribution >= 0.6 is 7.82 Å². The molecule has 2 unspecified atom stereocenters. The van der Waals surface area contributed by atoms with Gasteiger partial charge in [-0.25, -0.2) is 4.57 Å². The Morgan fingerprint density at radius 2 is 1.00 bits per heavy atom. The predicted molar refractivity (Wildman–Crippen MR) is 212 cm³/mol. The van der Waals surface area contributed by atoms with E-state index in [0.717, 1.165) is 77.7 Å². The van der Waals surface area contributed by atoms with Crippen LogP contribution < -0.4 is 0 Å². The SMILES string of the molecule is CC/C=C\C/C=C\C/C=C\C/C=C\CCCCCCC(=O)OC(COC(=O)CCCCCCCCCCCCCCCCC)COP(=O)(O)OC. The molecule has 0 amide bonds. The fourth-order valence-electron chi connectivity index (χ4n) is 5.47. The molecule has 0 rings (SSSR count). The number of phosphoric acid groups is 1. The number of hydrogen-bond acceptors (Lipinski definition) is 7. The van der Waals surface area contributed by atoms with Gasteiger partial charge in [-0.2, -0.15) is 0 Å². The molecular weight excluding hydrogens is 663 g/mol. The summed E-state index contributed by atoms with van der Waals surface area (Å²) in [7, 11) is -3.21. The summed E-state index contributed by atoms with van der Waals surface area (Å²) in [5, 5.41) is 0. The lowest BCUT2D eigenvalue weighted by molar-refractivity contribution is -0.161. The summed E-state index contributed by atoms with van der Waals surface area (Å²) in [5.41, 5.74) is 0. The van der Waals surface area contributed by atoms with E-state index in [9.17, 15) is 19.0 Å². The van der Waals surface area contributed by atoms with E-state index in [0.29, 0.717) is 6.42 Å². The van der Waals surface area contributed by atoms with E-state index in [2.05, 4.69) is 67.0 Å². The Kier molecular flexibility index (Phi) is 36.3. The molecule has 0 saturated heterocycles. The molecule has 1 N–H and O–H groups in total. The van der Waals surface area contributed by atoms with Crippen LogP contribution in [0.15, 0.2) is 48.6 Å². The van der Waals surface area contributed by atoms with Gasteiger partial charge in [0.05, 0.1) is 6.61 Å². The summed E-state index contributed by atoms with van der Waals surface area (Å²) < 4.78 is 31.9. The molecule has 296 valence electrons. The lowest BCUT2D eigenvalue weighted by Crippen LogP contribution is -2.29. The van der Waals surface area contributed by atoms with Crippen molar-refractivity contribution >= 4 is 19.8 Å². The largest absolute Gasteiger partial charge is 0.472 e. The van der Waals surface area contributed by atoms with Crippen molar-refractivity contribution in [3.8, 4) is 0 Å². The monoisotopic (exact) mass is 739 g/mol. The minimum Gasteiger partial charge on any atom is -0.462 e. The highest BCUT2D eigenvalue weighted by atomic mass is 31.2. The quantitative estimate of drug-likeness (QED) is 0.0290. The van der Waals surface area contributed by atoms with Gasteiger partial charge in [0, 0.05) is 20.0 Å². The number of hydrogen-bond donors (Lipinski definition) is 1. The van der Waals surface area contributed by atoms with Crippen molar-refractivity contribution in [2.75, 3.05) is 20.3 Å². The number of carbonyl (C=O) groups excluding carboxylic acids is 2. The van der Waals surface area contributed by atoms with Gasteiger partial charge in [0.2, 0.25) is 0 Å². The van der Waals surface area contributed by atoms with Gasteiger partial charge in [-0.3, -0.25) is 18.6 Å². The van der Waals surface area contributed by atoms with Gasteiger partial charge in [0.1, 0.15) is 6.61 Å². The molecule has 0 saturated carbocycles. The second-order valence-electron chi connectivity index (χ2n) is 13.4. The topological polar surface area (TPSA) is 108 Å². The van der Waals surface area contributed by atoms with E-state index in [1.165, 1.54) is 77.0 Å². The number of phosphoric ester groups is 1. The molecule has 0 aliphatic heterocycles. The Balaban J connectivity index is 4.07. The average molecular weight is 739 g/mol. The summed E-state index contributed by atoms with van der Waals surface area (Å²) >= 11 is 0. The minimum atomic E-state index is -4.27. The highest BCUT2D eigenvalue weighted by molar-refractivity contribution is 7.47. The van der Waals surface area contributed by atoms with Gasteiger partial charge < -0.3 is 14.4 Å². The minimum absolute atomic E-state index is 0.217. The summed E-state index contributed by atoms with van der Waals surface area (Å²) in [6.45, 7) is 3.75. The number of rotatable bonds is 37. The number of ether oxygens (including phenoxy) is 2. The van der Waals surface area contributed by atoms with E-state index in [1.54, 1.807) is 0 Å². The van der Waals surface area contributed by atoms with Crippen LogP contribution in [0.25, 0.3) is 0 Å². The molecule has 8 nitrogen and oxygen atoms in total. The molecule has 0 aliphatic carbocycles. The molecule has 0 aromatic rings. The maximum absolute atomic E-state index is 12.5. The molecule has 0 spiro atoms. The first-order valence-corrected chi connectivity index (χ1v) is 21.8. The van der Waals surface area contributed by atoms with Crippen LogP contribution in [0.2, 0.25) is 0 Å². The van der Waals surface area contributed by atoms with Crippen molar-refractivity contribution in [1.29, 1.82) is 0 Å². The second kappa shape index (κ2) is 37.8. The van der Waals surface area contributed by atoms with Crippen LogP contribution in [0.5, 0.6) is 0 Å². The van der Waals surface area contributed by atoms with E-state index in [4.69, 9.17) is 14.0 Å². The Hall–Kier alpha value is -1.99. The van der Waals surface area contributed by atoms with Crippen LogP contribution in [0.4, 0.5) is 0 Å². The maximum Gasteiger partial charge on any atom is 0.472 e. The van der Waals surface area contributed by atoms with E-state index in [-0.39, 0.29) is 25.4 Å². The summed E-state index contributed by atoms with van der Waals surface area (Å²) in [6.07, 6.45) is 44.4. The van der Waals surface area contributed by atoms with Crippen molar-refractivity contribution in [2.24, 2.45) is 0 Å². The third kappa shape index (κ3) is 37.6. The van der Waals surface area contributed by atoms with Crippen LogP contribution in [-0.4, -0.2) is 43.3 Å². The standard InChI is InChI=1S/C42H75O8P/c1-4-6-8-10-12-14-16-18-20-21-23-25-27-29-31-33-35-37-42(44)50-40(39-49-51(45,46)47-3)38-48-41(43)36-34-32-30-28-26-24-22-19-17-15-13-11-9-7-5-2/h6,8,12,14,18,20,23,25,40H,4-5,7,9-11,13,15-17,19,21-22,24,26-39H2,1-3H3,(H,45,46)/b8-6-,14-12-,20-18-,25-23-. The second-order valence-corrected chi connectivity index (χ2v) is 15.0. The zero-order valence-corrected chi connectivity index (χ0v) is 33.6. The fourth-order valence-corrected chi connectivity index (χ4v) is 5.93. The molecule has 0 aromatic carbocycles. The molecule has 0 heterocycles. The molecule has 0 aromatic heterocycles. The molecule has 0 radical (unpaired) electrons. The number of allylic oxidation sites excluding steroid dienone is 8. The zero-order valence-electron chi connectivity index (χ0n) is 32.7. The highest BCUT2D eigenvalue weighted by Gasteiger charge is 2.24. The predicted octanol–water partition coefficient (Wildman–Crippen LogP) is 12.6. The molecule has 0 bridgehead atoms. The van der Waals surface area contributed by atoms with Crippen LogP contribution in [0.3, 0.4) is 0 Å². The van der Waals surface area contributed by atoms with E-state index >= 15 is 0 Å². The number of carbonyl (C=O) groups is 2. The Bertz CT molecular complexity index is 974.